The molecule has 9 heteroatoms. The Hall–Kier alpha value is -3.47. The molecule has 0 radical (unpaired) electrons. The number of phenolic OH excluding ortho intramolecular Hbond substituents is 1. The van der Waals surface area contributed by atoms with E-state index in [1.807, 2.05) is 52.9 Å². The number of carbonyl (C=O) groups is 2. The van der Waals surface area contributed by atoms with Crippen LogP contribution in [-0.2, 0) is 23.2 Å². The molecule has 3 aliphatic rings. The number of benzene rings is 2. The average molecular weight is 567 g/mol. The van der Waals surface area contributed by atoms with Crippen LogP contribution >= 0.6 is 22.6 Å². The summed E-state index contributed by atoms with van der Waals surface area (Å²) < 4.78 is 4.09. The Morgan fingerprint density at radius 2 is 1.79 bits per heavy atom. The molecular weight excluding hydrogens is 549 g/mol. The summed E-state index contributed by atoms with van der Waals surface area (Å²) in [5, 5.41) is 12.8. The maximum atomic E-state index is 13.4. The summed E-state index contributed by atoms with van der Waals surface area (Å²) in [6.45, 7) is 0.156. The Bertz CT molecular complexity index is 1680. The molecule has 0 fully saturated rings. The number of rotatable bonds is 1. The number of hydrogen-bond donors (Lipinski definition) is 1. The van der Waals surface area contributed by atoms with E-state index in [2.05, 4.69) is 0 Å². The van der Waals surface area contributed by atoms with Gasteiger partial charge in [-0.15, -0.1) is 0 Å². The van der Waals surface area contributed by atoms with Crippen LogP contribution in [0.25, 0.3) is 10.8 Å². The van der Waals surface area contributed by atoms with Crippen molar-refractivity contribution in [2.24, 2.45) is 7.05 Å². The van der Waals surface area contributed by atoms with Crippen molar-refractivity contribution >= 4 is 44.9 Å². The minimum atomic E-state index is -0.718. The lowest BCUT2D eigenvalue weighted by Crippen LogP contribution is -2.40. The van der Waals surface area contributed by atoms with Crippen molar-refractivity contribution in [3.8, 4) is 5.75 Å². The molecule has 8 nitrogen and oxygen atoms in total. The maximum absolute atomic E-state index is 13.4. The van der Waals surface area contributed by atoms with Crippen LogP contribution in [0.1, 0.15) is 23.9 Å². The first kappa shape index (κ1) is 21.1. The van der Waals surface area contributed by atoms with Crippen LogP contribution in [-0.4, -0.2) is 30.6 Å². The second-order valence-corrected chi connectivity index (χ2v) is 9.87. The predicted octanol–water partition coefficient (Wildman–Crippen LogP) is 2.64. The smallest absolute Gasteiger partial charge is 0.347 e. The molecule has 170 valence electrons. The second-order valence-electron chi connectivity index (χ2n) is 8.71. The molecule has 2 atom stereocenters. The van der Waals surface area contributed by atoms with Gasteiger partial charge in [-0.1, -0.05) is 42.5 Å². The fourth-order valence-corrected chi connectivity index (χ4v) is 6.01. The van der Waals surface area contributed by atoms with Gasteiger partial charge < -0.3 is 5.11 Å². The molecule has 0 amide bonds. The van der Waals surface area contributed by atoms with Gasteiger partial charge in [0.2, 0.25) is 0 Å². The lowest BCUT2D eigenvalue weighted by atomic mass is 9.68. The second kappa shape index (κ2) is 7.26. The highest BCUT2D eigenvalue weighted by Crippen LogP contribution is 2.52. The molecule has 6 rings (SSSR count). The summed E-state index contributed by atoms with van der Waals surface area (Å²) in [5.41, 5.74) is 0.960. The van der Waals surface area contributed by atoms with Crippen molar-refractivity contribution in [3.63, 3.8) is 0 Å². The number of hydrogen-bond acceptors (Lipinski definition) is 5. The SMILES string of the molecule is Cn1c(=O)n2n(c1=O)[C@@H]1CC3=C(C(=O)C(I)=CC3=O)[C@@H](c3ccc4ccccc4c3O)C1=CC2. The first-order valence-corrected chi connectivity index (χ1v) is 11.9. The van der Waals surface area contributed by atoms with Crippen molar-refractivity contribution in [1.82, 2.24) is 13.9 Å². The Labute approximate surface area is 206 Å². The van der Waals surface area contributed by atoms with Gasteiger partial charge in [-0.3, -0.25) is 9.59 Å². The van der Waals surface area contributed by atoms with Gasteiger partial charge >= 0.3 is 11.4 Å². The maximum Gasteiger partial charge on any atom is 0.347 e. The van der Waals surface area contributed by atoms with E-state index >= 15 is 0 Å². The molecule has 2 aliphatic carbocycles. The Kier molecular flexibility index (Phi) is 4.50. The number of aromatic hydroxyl groups is 1. The summed E-state index contributed by atoms with van der Waals surface area (Å²) in [5.74, 6) is -1.23. The van der Waals surface area contributed by atoms with Crippen molar-refractivity contribution in [2.75, 3.05) is 0 Å². The molecular formula is C25H18IN3O5. The van der Waals surface area contributed by atoms with Gasteiger partial charge in [0.25, 0.3) is 0 Å². The summed E-state index contributed by atoms with van der Waals surface area (Å²) in [4.78, 5) is 52.0. The highest BCUT2D eigenvalue weighted by molar-refractivity contribution is 14.1. The summed E-state index contributed by atoms with van der Waals surface area (Å²) >= 11 is 1.87. The van der Waals surface area contributed by atoms with E-state index in [1.54, 1.807) is 12.1 Å². The number of allylic oxidation sites excluding steroid dienone is 6. The van der Waals surface area contributed by atoms with Crippen LogP contribution in [0, 0.1) is 0 Å². The summed E-state index contributed by atoms with van der Waals surface area (Å²) in [6, 6.07) is 10.4. The van der Waals surface area contributed by atoms with E-state index in [1.165, 1.54) is 22.5 Å². The van der Waals surface area contributed by atoms with E-state index in [9.17, 15) is 24.3 Å². The minimum Gasteiger partial charge on any atom is -0.507 e. The molecule has 3 aromatic rings. The number of phenols is 1. The predicted molar refractivity (Wildman–Crippen MR) is 133 cm³/mol. The normalized spacial score (nSPS) is 21.7. The quantitative estimate of drug-likeness (QED) is 0.277. The van der Waals surface area contributed by atoms with Crippen molar-refractivity contribution < 1.29 is 14.7 Å². The average Bonchev–Trinajstić information content (AvgIpc) is 3.06. The lowest BCUT2D eigenvalue weighted by molar-refractivity contribution is -0.115. The molecule has 1 N–H and O–H groups in total. The zero-order chi connectivity index (χ0) is 23.9. The minimum absolute atomic E-state index is 0.0321. The monoisotopic (exact) mass is 567 g/mol. The zero-order valence-electron chi connectivity index (χ0n) is 18.0. The van der Waals surface area contributed by atoms with Crippen LogP contribution in [0.15, 0.2) is 78.4 Å². The summed E-state index contributed by atoms with van der Waals surface area (Å²) in [6.07, 6.45) is 3.29. The van der Waals surface area contributed by atoms with E-state index in [0.29, 0.717) is 25.7 Å². The van der Waals surface area contributed by atoms with Gasteiger partial charge in [0.05, 0.1) is 16.2 Å². The van der Waals surface area contributed by atoms with Crippen molar-refractivity contribution in [1.29, 1.82) is 0 Å². The molecule has 0 bridgehead atoms. The first-order valence-electron chi connectivity index (χ1n) is 10.8. The number of aromatic nitrogens is 3. The van der Waals surface area contributed by atoms with E-state index in [4.69, 9.17) is 0 Å². The van der Waals surface area contributed by atoms with Gasteiger partial charge in [-0.2, -0.15) is 0 Å². The number of nitrogens with zero attached hydrogens (tertiary/aromatic N) is 3. The first-order chi connectivity index (χ1) is 16.3. The molecule has 34 heavy (non-hydrogen) atoms. The van der Waals surface area contributed by atoms with Crippen LogP contribution < -0.4 is 11.4 Å². The third-order valence-electron chi connectivity index (χ3n) is 7.03. The molecule has 1 aliphatic heterocycles. The number of carbonyl (C=O) groups excluding carboxylic acids is 2. The largest absolute Gasteiger partial charge is 0.507 e. The number of Topliss-reactive ketones (excluding diaryl/α,β-unsaturated/α-hetero) is 1. The zero-order valence-corrected chi connectivity index (χ0v) is 20.1. The Balaban J connectivity index is 1.66. The molecule has 0 saturated heterocycles. The van der Waals surface area contributed by atoms with Gasteiger partial charge in [-0.05, 0) is 33.6 Å². The van der Waals surface area contributed by atoms with Crippen LogP contribution in [0.4, 0.5) is 0 Å². The highest BCUT2D eigenvalue weighted by Gasteiger charge is 2.45. The van der Waals surface area contributed by atoms with E-state index < -0.39 is 23.3 Å². The number of ketones is 2. The van der Waals surface area contributed by atoms with Gasteiger partial charge in [0.15, 0.2) is 11.6 Å². The fourth-order valence-electron chi connectivity index (χ4n) is 5.44. The Morgan fingerprint density at radius 3 is 2.59 bits per heavy atom. The van der Waals surface area contributed by atoms with E-state index in [0.717, 1.165) is 15.5 Å². The number of fused-ring (bicyclic) bond motifs is 4. The van der Waals surface area contributed by atoms with Gasteiger partial charge in [0, 0.05) is 47.6 Å². The molecule has 0 unspecified atom stereocenters. The molecule has 0 saturated carbocycles. The van der Waals surface area contributed by atoms with Gasteiger partial charge in [-0.25, -0.2) is 23.5 Å². The number of halogens is 1. The van der Waals surface area contributed by atoms with E-state index in [-0.39, 0.29) is 30.3 Å². The summed E-state index contributed by atoms with van der Waals surface area (Å²) in [7, 11) is 1.42. The highest BCUT2D eigenvalue weighted by atomic mass is 127. The lowest BCUT2D eigenvalue weighted by Gasteiger charge is -2.39. The van der Waals surface area contributed by atoms with Crippen LogP contribution in [0.2, 0.25) is 0 Å². The van der Waals surface area contributed by atoms with Gasteiger partial charge in [0.1, 0.15) is 5.75 Å². The van der Waals surface area contributed by atoms with Crippen molar-refractivity contribution in [2.45, 2.75) is 24.9 Å². The third-order valence-corrected chi connectivity index (χ3v) is 7.84. The van der Waals surface area contributed by atoms with Crippen molar-refractivity contribution in [3.05, 3.63) is 95.4 Å². The van der Waals surface area contributed by atoms with Crippen LogP contribution in [0.5, 0.6) is 5.75 Å². The third kappa shape index (κ3) is 2.70. The topological polar surface area (TPSA) is 103 Å². The van der Waals surface area contributed by atoms with Crippen LogP contribution in [0.3, 0.4) is 0 Å². The molecule has 2 heterocycles. The molecule has 1 aromatic heterocycles. The Morgan fingerprint density at radius 1 is 1.03 bits per heavy atom. The fraction of sp³-hybridized carbons (Fsp3) is 0.200. The molecule has 2 aromatic carbocycles. The standard InChI is InChI=1S/C25H18IN3O5/c1-27-24(33)28-9-8-14-18(29(28)25(27)34)10-16-19(30)11-17(26)23(32)21(16)20(14)15-7-6-12-4-2-3-5-13(12)22(15)31/h2-8,11,18,20,31H,9-10H2,1H3/t18-,20-/m1/s1. The molecule has 0 spiro atoms.